The van der Waals surface area contributed by atoms with E-state index in [1.54, 1.807) is 0 Å². The zero-order valence-corrected chi connectivity index (χ0v) is 7.65. The summed E-state index contributed by atoms with van der Waals surface area (Å²) in [5.41, 5.74) is 4.99. The molecule has 0 radical (unpaired) electrons. The quantitative estimate of drug-likeness (QED) is 0.288. The van der Waals surface area contributed by atoms with Crippen LogP contribution in [0, 0.1) is 11.3 Å². The Bertz CT molecular complexity index is 253. The van der Waals surface area contributed by atoms with Gasteiger partial charge in [-0.1, -0.05) is 0 Å². The lowest BCUT2D eigenvalue weighted by molar-refractivity contribution is -0.149. The highest BCUT2D eigenvalue weighted by molar-refractivity contribution is 5.80. The first kappa shape index (κ1) is 12.2. The molecular weight excluding hydrogens is 190 g/mol. The molecule has 0 aliphatic rings. The Morgan fingerprint density at radius 1 is 1.50 bits per heavy atom. The van der Waals surface area contributed by atoms with E-state index in [2.05, 4.69) is 5.32 Å². The number of hydrogen-bond acceptors (Lipinski definition) is 3. The molecule has 2 unspecified atom stereocenters. The van der Waals surface area contributed by atoms with Crippen LogP contribution in [0.2, 0.25) is 0 Å². The first-order valence-electron chi connectivity index (χ1n) is 3.89. The number of aliphatic carboxylic acids is 2. The van der Waals surface area contributed by atoms with E-state index in [9.17, 15) is 9.59 Å². The molecule has 0 aromatic heterocycles. The Morgan fingerprint density at radius 2 is 2.00 bits per heavy atom. The number of nitrogens with two attached hydrogens (primary N) is 1. The van der Waals surface area contributed by atoms with Crippen LogP contribution in [-0.4, -0.2) is 34.2 Å². The number of rotatable bonds is 5. The summed E-state index contributed by atoms with van der Waals surface area (Å²) in [6.45, 7) is 1.46. The monoisotopic (exact) mass is 203 g/mol. The van der Waals surface area contributed by atoms with Crippen molar-refractivity contribution in [1.29, 1.82) is 5.41 Å². The largest absolute Gasteiger partial charge is 0.481 e. The molecule has 0 bridgehead atoms. The summed E-state index contributed by atoms with van der Waals surface area (Å²) in [5.74, 6) is -3.91. The van der Waals surface area contributed by atoms with E-state index in [0.29, 0.717) is 0 Å². The van der Waals surface area contributed by atoms with Gasteiger partial charge in [0.05, 0.1) is 12.3 Å². The van der Waals surface area contributed by atoms with Crippen molar-refractivity contribution in [2.75, 3.05) is 0 Å². The Hall–Kier alpha value is -1.79. The highest BCUT2D eigenvalue weighted by Crippen LogP contribution is 2.09. The summed E-state index contributed by atoms with van der Waals surface area (Å²) >= 11 is 0. The second kappa shape index (κ2) is 5.05. The van der Waals surface area contributed by atoms with Crippen LogP contribution in [0.15, 0.2) is 0 Å². The van der Waals surface area contributed by atoms with E-state index in [0.717, 1.165) is 0 Å². The molecule has 14 heavy (non-hydrogen) atoms. The van der Waals surface area contributed by atoms with Crippen LogP contribution in [-0.2, 0) is 9.59 Å². The van der Waals surface area contributed by atoms with Crippen molar-refractivity contribution < 1.29 is 19.8 Å². The van der Waals surface area contributed by atoms with Crippen LogP contribution in [0.25, 0.3) is 0 Å². The number of carboxylic acid groups (broad SMARTS) is 2. The molecule has 0 fully saturated rings. The number of hydrogen-bond donors (Lipinski definition) is 5. The van der Waals surface area contributed by atoms with Gasteiger partial charge in [0.15, 0.2) is 5.96 Å². The van der Waals surface area contributed by atoms with Gasteiger partial charge >= 0.3 is 11.9 Å². The number of carboxylic acids is 2. The molecule has 0 heterocycles. The summed E-state index contributed by atoms with van der Waals surface area (Å²) in [6.07, 6.45) is -0.503. The molecule has 0 aromatic rings. The first-order valence-corrected chi connectivity index (χ1v) is 3.89. The molecule has 0 aliphatic carbocycles. The topological polar surface area (TPSA) is 136 Å². The van der Waals surface area contributed by atoms with Gasteiger partial charge in [0, 0.05) is 6.04 Å². The molecular formula is C7H13N3O4. The van der Waals surface area contributed by atoms with E-state index in [1.807, 2.05) is 0 Å². The van der Waals surface area contributed by atoms with Gasteiger partial charge in [-0.2, -0.15) is 0 Å². The molecule has 6 N–H and O–H groups in total. The molecule has 0 saturated heterocycles. The SMILES string of the molecule is CC(NC(=N)N)C(CC(=O)O)C(=O)O. The van der Waals surface area contributed by atoms with Crippen LogP contribution >= 0.6 is 0 Å². The predicted molar refractivity (Wildman–Crippen MR) is 47.9 cm³/mol. The van der Waals surface area contributed by atoms with Crippen LogP contribution in [0.1, 0.15) is 13.3 Å². The van der Waals surface area contributed by atoms with Crippen molar-refractivity contribution in [3.63, 3.8) is 0 Å². The van der Waals surface area contributed by atoms with Crippen LogP contribution in [0.4, 0.5) is 0 Å². The number of nitrogens with one attached hydrogen (secondary N) is 2. The lowest BCUT2D eigenvalue weighted by Crippen LogP contribution is -2.44. The highest BCUT2D eigenvalue weighted by Gasteiger charge is 2.27. The van der Waals surface area contributed by atoms with E-state index >= 15 is 0 Å². The summed E-state index contributed by atoms with van der Waals surface area (Å²) in [7, 11) is 0. The minimum atomic E-state index is -1.23. The highest BCUT2D eigenvalue weighted by atomic mass is 16.4. The van der Waals surface area contributed by atoms with Crippen molar-refractivity contribution in [2.45, 2.75) is 19.4 Å². The maximum absolute atomic E-state index is 10.6. The zero-order valence-electron chi connectivity index (χ0n) is 7.65. The van der Waals surface area contributed by atoms with E-state index in [4.69, 9.17) is 21.4 Å². The molecule has 2 atom stereocenters. The fourth-order valence-corrected chi connectivity index (χ4v) is 1.01. The molecule has 7 nitrogen and oxygen atoms in total. The molecule has 7 heteroatoms. The molecule has 0 aliphatic heterocycles. The third kappa shape index (κ3) is 4.29. The second-order valence-electron chi connectivity index (χ2n) is 2.89. The lowest BCUT2D eigenvalue weighted by Gasteiger charge is -2.19. The summed E-state index contributed by atoms with van der Waals surface area (Å²) in [4.78, 5) is 21.0. The van der Waals surface area contributed by atoms with Gasteiger partial charge in [0.25, 0.3) is 0 Å². The van der Waals surface area contributed by atoms with Crippen LogP contribution in [0.5, 0.6) is 0 Å². The smallest absolute Gasteiger partial charge is 0.309 e. The average Bonchev–Trinajstić information content (AvgIpc) is 1.97. The maximum atomic E-state index is 10.6. The van der Waals surface area contributed by atoms with E-state index in [1.165, 1.54) is 6.92 Å². The Kier molecular flexibility index (Phi) is 4.41. The van der Waals surface area contributed by atoms with Gasteiger partial charge in [0.1, 0.15) is 0 Å². The molecule has 0 saturated carbocycles. The number of carbonyl (C=O) groups is 2. The fraction of sp³-hybridized carbons (Fsp3) is 0.571. The summed E-state index contributed by atoms with van der Waals surface area (Å²) in [5, 5.41) is 26.3. The lowest BCUT2D eigenvalue weighted by atomic mass is 9.98. The van der Waals surface area contributed by atoms with Crippen molar-refractivity contribution in [3.8, 4) is 0 Å². The Morgan fingerprint density at radius 3 is 2.29 bits per heavy atom. The Labute approximate surface area is 80.4 Å². The maximum Gasteiger partial charge on any atom is 0.309 e. The Balaban J connectivity index is 4.40. The van der Waals surface area contributed by atoms with Crippen molar-refractivity contribution in [1.82, 2.24) is 5.32 Å². The van der Waals surface area contributed by atoms with Gasteiger partial charge in [-0.05, 0) is 6.92 Å². The molecule has 80 valence electrons. The molecule has 0 spiro atoms. The number of guanidine groups is 1. The third-order valence-corrected chi connectivity index (χ3v) is 1.70. The van der Waals surface area contributed by atoms with Crippen LogP contribution < -0.4 is 11.1 Å². The van der Waals surface area contributed by atoms with Gasteiger partial charge in [-0.25, -0.2) is 0 Å². The summed E-state index contributed by atoms with van der Waals surface area (Å²) in [6, 6.07) is -0.693. The normalized spacial score (nSPS) is 14.1. The third-order valence-electron chi connectivity index (χ3n) is 1.70. The zero-order chi connectivity index (χ0) is 11.3. The predicted octanol–water partition coefficient (Wildman–Crippen LogP) is -0.967. The van der Waals surface area contributed by atoms with Crippen molar-refractivity contribution >= 4 is 17.9 Å². The van der Waals surface area contributed by atoms with Gasteiger partial charge in [0.2, 0.25) is 0 Å². The van der Waals surface area contributed by atoms with Gasteiger partial charge in [-0.15, -0.1) is 0 Å². The summed E-state index contributed by atoms with van der Waals surface area (Å²) < 4.78 is 0. The molecule has 0 amide bonds. The second-order valence-corrected chi connectivity index (χ2v) is 2.89. The van der Waals surface area contributed by atoms with Gasteiger partial charge < -0.3 is 21.3 Å². The van der Waals surface area contributed by atoms with Crippen molar-refractivity contribution in [3.05, 3.63) is 0 Å². The van der Waals surface area contributed by atoms with E-state index < -0.39 is 30.3 Å². The fourth-order valence-electron chi connectivity index (χ4n) is 1.01. The van der Waals surface area contributed by atoms with Crippen LogP contribution in [0.3, 0.4) is 0 Å². The van der Waals surface area contributed by atoms with Gasteiger partial charge in [-0.3, -0.25) is 15.0 Å². The van der Waals surface area contributed by atoms with E-state index in [-0.39, 0.29) is 5.96 Å². The molecule has 0 rings (SSSR count). The molecule has 0 aromatic carbocycles. The first-order chi connectivity index (χ1) is 6.34. The standard InChI is InChI=1S/C7H13N3O4/c1-3(10-7(8)9)4(6(13)14)2-5(11)12/h3-4H,2H2,1H3,(H,11,12)(H,13,14)(H4,8,9,10). The minimum Gasteiger partial charge on any atom is -0.481 e. The van der Waals surface area contributed by atoms with Crippen molar-refractivity contribution in [2.24, 2.45) is 11.7 Å². The average molecular weight is 203 g/mol. The minimum absolute atomic E-state index is 0.380.